The summed E-state index contributed by atoms with van der Waals surface area (Å²) in [4.78, 5) is 27.7. The fourth-order valence-corrected chi connectivity index (χ4v) is 2.45. The molecule has 1 aliphatic rings. The molecule has 0 aromatic heterocycles. The minimum absolute atomic E-state index is 0.0141. The van der Waals surface area contributed by atoms with Crippen LogP contribution in [0.4, 0.5) is 0 Å². The summed E-state index contributed by atoms with van der Waals surface area (Å²) in [6.45, 7) is 0.631. The number of hydrogen-bond acceptors (Lipinski definition) is 2. The third-order valence-electron chi connectivity index (χ3n) is 3.33. The van der Waals surface area contributed by atoms with Crippen LogP contribution < -0.4 is 0 Å². The Balaban J connectivity index is 2.18. The van der Waals surface area contributed by atoms with Crippen LogP contribution in [-0.2, 0) is 4.79 Å². The topological polar surface area (TPSA) is 40.6 Å². The SMILES string of the molecule is CN(C)C(=O)C1CCCN1C(=O)c1ccc(Cl)cc1. The molecular weight excluding hydrogens is 264 g/mol. The predicted molar refractivity (Wildman–Crippen MR) is 74.2 cm³/mol. The van der Waals surface area contributed by atoms with E-state index in [-0.39, 0.29) is 17.9 Å². The number of rotatable bonds is 2. The van der Waals surface area contributed by atoms with Gasteiger partial charge in [-0.3, -0.25) is 9.59 Å². The molecule has 1 heterocycles. The minimum Gasteiger partial charge on any atom is -0.347 e. The Hall–Kier alpha value is -1.55. The van der Waals surface area contributed by atoms with Crippen LogP contribution in [0.3, 0.4) is 0 Å². The van der Waals surface area contributed by atoms with Crippen molar-refractivity contribution in [2.24, 2.45) is 0 Å². The molecule has 19 heavy (non-hydrogen) atoms. The molecule has 2 rings (SSSR count). The van der Waals surface area contributed by atoms with Gasteiger partial charge in [0.2, 0.25) is 5.91 Å². The van der Waals surface area contributed by atoms with Gasteiger partial charge in [0.15, 0.2) is 0 Å². The minimum atomic E-state index is -0.335. The lowest BCUT2D eigenvalue weighted by atomic mass is 10.1. The van der Waals surface area contributed by atoms with E-state index >= 15 is 0 Å². The quantitative estimate of drug-likeness (QED) is 0.832. The zero-order valence-corrected chi connectivity index (χ0v) is 11.9. The third kappa shape index (κ3) is 2.89. The highest BCUT2D eigenvalue weighted by molar-refractivity contribution is 6.30. The number of halogens is 1. The van der Waals surface area contributed by atoms with Crippen LogP contribution in [0.5, 0.6) is 0 Å². The van der Waals surface area contributed by atoms with Crippen LogP contribution >= 0.6 is 11.6 Å². The number of hydrogen-bond donors (Lipinski definition) is 0. The maximum atomic E-state index is 12.4. The lowest BCUT2D eigenvalue weighted by molar-refractivity contribution is -0.132. The van der Waals surface area contributed by atoms with Crippen molar-refractivity contribution in [2.75, 3.05) is 20.6 Å². The Labute approximate surface area is 117 Å². The Morgan fingerprint density at radius 3 is 2.47 bits per heavy atom. The number of likely N-dealkylation sites (tertiary alicyclic amines) is 1. The maximum absolute atomic E-state index is 12.4. The molecule has 0 radical (unpaired) electrons. The molecule has 0 bridgehead atoms. The largest absolute Gasteiger partial charge is 0.347 e. The van der Waals surface area contributed by atoms with E-state index in [1.807, 2.05) is 0 Å². The highest BCUT2D eigenvalue weighted by Crippen LogP contribution is 2.22. The lowest BCUT2D eigenvalue weighted by Crippen LogP contribution is -2.45. The van der Waals surface area contributed by atoms with Gasteiger partial charge in [-0.1, -0.05) is 11.6 Å². The highest BCUT2D eigenvalue weighted by Gasteiger charge is 2.35. The molecule has 0 aliphatic carbocycles. The van der Waals surface area contributed by atoms with Crippen LogP contribution in [0.2, 0.25) is 5.02 Å². The summed E-state index contributed by atoms with van der Waals surface area (Å²) in [5.74, 6) is -0.116. The van der Waals surface area contributed by atoms with Crippen LogP contribution in [0.1, 0.15) is 23.2 Å². The normalized spacial score (nSPS) is 18.5. The smallest absolute Gasteiger partial charge is 0.254 e. The molecule has 5 heteroatoms. The average molecular weight is 281 g/mol. The van der Waals surface area contributed by atoms with Gasteiger partial charge in [-0.05, 0) is 37.1 Å². The van der Waals surface area contributed by atoms with Gasteiger partial charge in [0.05, 0.1) is 0 Å². The molecule has 1 saturated heterocycles. The van der Waals surface area contributed by atoms with Crippen molar-refractivity contribution < 1.29 is 9.59 Å². The van der Waals surface area contributed by atoms with Crippen LogP contribution in [-0.4, -0.2) is 48.3 Å². The van der Waals surface area contributed by atoms with E-state index in [4.69, 9.17) is 11.6 Å². The highest BCUT2D eigenvalue weighted by atomic mass is 35.5. The van der Waals surface area contributed by atoms with Crippen LogP contribution in [0.25, 0.3) is 0 Å². The van der Waals surface area contributed by atoms with Crippen molar-refractivity contribution in [1.29, 1.82) is 0 Å². The van der Waals surface area contributed by atoms with E-state index in [2.05, 4.69) is 0 Å². The van der Waals surface area contributed by atoms with Gasteiger partial charge in [-0.25, -0.2) is 0 Å². The zero-order valence-electron chi connectivity index (χ0n) is 11.1. The molecule has 0 spiro atoms. The van der Waals surface area contributed by atoms with Crippen molar-refractivity contribution >= 4 is 23.4 Å². The van der Waals surface area contributed by atoms with Crippen molar-refractivity contribution in [3.8, 4) is 0 Å². The summed E-state index contributed by atoms with van der Waals surface area (Å²) < 4.78 is 0. The number of likely N-dealkylation sites (N-methyl/N-ethyl adjacent to an activating group) is 1. The van der Waals surface area contributed by atoms with Crippen molar-refractivity contribution in [3.63, 3.8) is 0 Å². The van der Waals surface area contributed by atoms with Crippen molar-refractivity contribution in [1.82, 2.24) is 9.80 Å². The first-order chi connectivity index (χ1) is 9.00. The molecule has 0 saturated carbocycles. The van der Waals surface area contributed by atoms with Crippen molar-refractivity contribution in [3.05, 3.63) is 34.9 Å². The zero-order chi connectivity index (χ0) is 14.0. The molecular formula is C14H17ClN2O2. The van der Waals surface area contributed by atoms with Gasteiger partial charge >= 0.3 is 0 Å². The first kappa shape index (κ1) is 13.9. The summed E-state index contributed by atoms with van der Waals surface area (Å²) >= 11 is 5.81. The number of benzene rings is 1. The van der Waals surface area contributed by atoms with E-state index in [0.29, 0.717) is 17.1 Å². The molecule has 102 valence electrons. The van der Waals surface area contributed by atoms with Crippen molar-refractivity contribution in [2.45, 2.75) is 18.9 Å². The van der Waals surface area contributed by atoms with Gasteiger partial charge in [-0.15, -0.1) is 0 Å². The Morgan fingerprint density at radius 1 is 1.26 bits per heavy atom. The number of carbonyl (C=O) groups is 2. The number of carbonyl (C=O) groups excluding carboxylic acids is 2. The van der Waals surface area contributed by atoms with Gasteiger partial charge in [0, 0.05) is 31.2 Å². The summed E-state index contributed by atoms with van der Waals surface area (Å²) in [5.41, 5.74) is 0.572. The van der Waals surface area contributed by atoms with Gasteiger partial charge < -0.3 is 9.80 Å². The molecule has 1 aromatic carbocycles. The summed E-state index contributed by atoms with van der Waals surface area (Å²) in [7, 11) is 3.43. The van der Waals surface area contributed by atoms with E-state index in [1.165, 1.54) is 4.90 Å². The van der Waals surface area contributed by atoms with E-state index in [0.717, 1.165) is 12.8 Å². The second-order valence-electron chi connectivity index (χ2n) is 4.90. The number of nitrogens with zero attached hydrogens (tertiary/aromatic N) is 2. The van der Waals surface area contributed by atoms with Gasteiger partial charge in [-0.2, -0.15) is 0 Å². The van der Waals surface area contributed by atoms with Crippen LogP contribution in [0.15, 0.2) is 24.3 Å². The monoisotopic (exact) mass is 280 g/mol. The van der Waals surface area contributed by atoms with Gasteiger partial charge in [0.1, 0.15) is 6.04 Å². The molecule has 1 aliphatic heterocycles. The van der Waals surface area contributed by atoms with E-state index in [1.54, 1.807) is 43.3 Å². The molecule has 1 atom stereocenters. The Bertz CT molecular complexity index is 485. The second kappa shape index (κ2) is 5.61. The summed E-state index contributed by atoms with van der Waals surface area (Å²) in [5, 5.41) is 0.596. The molecule has 4 nitrogen and oxygen atoms in total. The van der Waals surface area contributed by atoms with Crippen LogP contribution in [0, 0.1) is 0 Å². The third-order valence-corrected chi connectivity index (χ3v) is 3.58. The summed E-state index contributed by atoms with van der Waals surface area (Å²) in [6, 6.07) is 6.43. The number of amides is 2. The summed E-state index contributed by atoms with van der Waals surface area (Å²) in [6.07, 6.45) is 1.60. The fourth-order valence-electron chi connectivity index (χ4n) is 2.32. The first-order valence-corrected chi connectivity index (χ1v) is 6.66. The molecule has 2 amide bonds. The van der Waals surface area contributed by atoms with E-state index in [9.17, 15) is 9.59 Å². The standard InChI is InChI=1S/C14H17ClN2O2/c1-16(2)14(19)12-4-3-9-17(12)13(18)10-5-7-11(15)8-6-10/h5-8,12H,3-4,9H2,1-2H3. The second-order valence-corrected chi connectivity index (χ2v) is 5.33. The van der Waals surface area contributed by atoms with E-state index < -0.39 is 0 Å². The molecule has 0 N–H and O–H groups in total. The lowest BCUT2D eigenvalue weighted by Gasteiger charge is -2.26. The van der Waals surface area contributed by atoms with Gasteiger partial charge in [0.25, 0.3) is 5.91 Å². The maximum Gasteiger partial charge on any atom is 0.254 e. The fraction of sp³-hybridized carbons (Fsp3) is 0.429. The molecule has 1 fully saturated rings. The Morgan fingerprint density at radius 2 is 1.89 bits per heavy atom. The molecule has 1 unspecified atom stereocenters. The average Bonchev–Trinajstić information content (AvgIpc) is 2.86. The first-order valence-electron chi connectivity index (χ1n) is 6.28. The molecule has 1 aromatic rings. The Kier molecular flexibility index (Phi) is 4.10. The predicted octanol–water partition coefficient (Wildman–Crippen LogP) is 2.03.